The number of esters is 3. The smallest absolute Gasteiger partial charge is 0.361 e. The highest BCUT2D eigenvalue weighted by atomic mass is 16.7. The average molecular weight is 748 g/mol. The lowest BCUT2D eigenvalue weighted by Gasteiger charge is -2.50. The Labute approximate surface area is 316 Å². The Morgan fingerprint density at radius 2 is 1.78 bits per heavy atom. The predicted molar refractivity (Wildman–Crippen MR) is 198 cm³/mol. The standard InChI is InChI=1S/C42H53NO11/c1-23(2)35-26(5)18-19-41(54-35)22-30-21-29(53-41)17-16-25(4)36(51-40(47)33(43-49-7)28-13-9-8-10-14-28)24(3)12-11-15-31-38(45)52-37-34(44)27(6)20-32(39(46)50-30)42(31,37)48/h8-16,20,23-24,26,29-30,32,34-37,44,48H,17-19,21-22H2,1-7H3/b12-11+,25-16+,31-15+,43-33-/t24-,26-,29?,30?,32?,34+,35?,36?,37?,41?,42+/m0/s1. The number of aliphatic hydroxyl groups is 2. The number of oxime groups is 1. The molecule has 1 aromatic carbocycles. The van der Waals surface area contributed by atoms with Crippen LogP contribution in [0.3, 0.4) is 0 Å². The predicted octanol–water partition coefficient (Wildman–Crippen LogP) is 5.27. The third-order valence-corrected chi connectivity index (χ3v) is 11.5. The van der Waals surface area contributed by atoms with Crippen molar-refractivity contribution in [2.24, 2.45) is 28.8 Å². The van der Waals surface area contributed by atoms with Crippen molar-refractivity contribution in [3.05, 3.63) is 83.0 Å². The lowest BCUT2D eigenvalue weighted by Crippen LogP contribution is -2.58. The van der Waals surface area contributed by atoms with Gasteiger partial charge in [0.15, 0.2) is 23.2 Å². The Morgan fingerprint density at radius 3 is 2.48 bits per heavy atom. The summed E-state index contributed by atoms with van der Waals surface area (Å²) in [5, 5.41) is 27.4. The van der Waals surface area contributed by atoms with Crippen LogP contribution >= 0.6 is 0 Å². The number of carbonyl (C=O) groups is 3. The summed E-state index contributed by atoms with van der Waals surface area (Å²) < 4.78 is 31.6. The molecule has 54 heavy (non-hydrogen) atoms. The summed E-state index contributed by atoms with van der Waals surface area (Å²) in [6.07, 6.45) is 5.85. The third kappa shape index (κ3) is 7.71. The topological polar surface area (TPSA) is 159 Å². The second-order valence-corrected chi connectivity index (χ2v) is 15.8. The molecule has 2 bridgehead atoms. The fourth-order valence-electron chi connectivity index (χ4n) is 8.61. The molecule has 4 heterocycles. The first-order chi connectivity index (χ1) is 25.7. The van der Waals surface area contributed by atoms with Crippen LogP contribution in [0.25, 0.3) is 0 Å². The number of ether oxygens (including phenoxy) is 5. The summed E-state index contributed by atoms with van der Waals surface area (Å²) in [5.41, 5.74) is -0.794. The van der Waals surface area contributed by atoms with E-state index in [1.807, 2.05) is 26.0 Å². The number of aliphatic hydroxyl groups excluding tert-OH is 1. The summed E-state index contributed by atoms with van der Waals surface area (Å²) in [4.78, 5) is 46.3. The molecule has 3 fully saturated rings. The van der Waals surface area contributed by atoms with E-state index in [0.29, 0.717) is 36.3 Å². The van der Waals surface area contributed by atoms with Crippen LogP contribution < -0.4 is 0 Å². The van der Waals surface area contributed by atoms with Crippen molar-refractivity contribution in [3.63, 3.8) is 0 Å². The van der Waals surface area contributed by atoms with Crippen molar-refractivity contribution in [2.45, 2.75) is 122 Å². The number of fused-ring (bicyclic) bond motifs is 2. The Morgan fingerprint density at radius 1 is 1.04 bits per heavy atom. The third-order valence-electron chi connectivity index (χ3n) is 11.5. The van der Waals surface area contributed by atoms with Gasteiger partial charge >= 0.3 is 17.9 Å². The lowest BCUT2D eigenvalue weighted by atomic mass is 9.70. The van der Waals surface area contributed by atoms with E-state index in [9.17, 15) is 24.6 Å². The number of carbonyl (C=O) groups excluding carboxylic acids is 3. The zero-order valence-corrected chi connectivity index (χ0v) is 32.1. The van der Waals surface area contributed by atoms with Gasteiger partial charge in [0.1, 0.15) is 31.3 Å². The summed E-state index contributed by atoms with van der Waals surface area (Å²) >= 11 is 0. The minimum absolute atomic E-state index is 0.00542. The van der Waals surface area contributed by atoms with E-state index in [2.05, 4.69) is 25.9 Å². The van der Waals surface area contributed by atoms with Crippen LogP contribution in [0.4, 0.5) is 0 Å². The molecule has 292 valence electrons. The van der Waals surface area contributed by atoms with Gasteiger partial charge in [-0.15, -0.1) is 0 Å². The minimum Gasteiger partial charge on any atom is -0.462 e. The molecule has 11 atom stereocenters. The van der Waals surface area contributed by atoms with Crippen molar-refractivity contribution in [2.75, 3.05) is 7.11 Å². The fourth-order valence-corrected chi connectivity index (χ4v) is 8.61. The van der Waals surface area contributed by atoms with Crippen LogP contribution in [0, 0.1) is 23.7 Å². The Kier molecular flexibility index (Phi) is 11.7. The SMILES string of the molecule is CO/N=C(\C(=O)OC1/C(C)=C/CC2CC(CC3(CC[C@H](C)C(C(C)C)O3)O2)OC(=O)C2C=C(C)[C@@H](O)C3OC(=O)/C(=C\C=C\[C@@H]1C)[C@@]23O)c1ccccc1. The van der Waals surface area contributed by atoms with E-state index in [4.69, 9.17) is 28.5 Å². The van der Waals surface area contributed by atoms with E-state index < -0.39 is 71.7 Å². The number of allylic oxidation sites excluding steroid dienone is 2. The molecule has 1 aromatic rings. The maximum atomic E-state index is 14.2. The highest BCUT2D eigenvalue weighted by Crippen LogP contribution is 2.48. The molecule has 12 heteroatoms. The van der Waals surface area contributed by atoms with Crippen LogP contribution in [0.15, 0.2) is 82.6 Å². The van der Waals surface area contributed by atoms with Crippen LogP contribution in [0.5, 0.6) is 0 Å². The zero-order chi connectivity index (χ0) is 38.9. The van der Waals surface area contributed by atoms with Crippen molar-refractivity contribution >= 4 is 23.6 Å². The summed E-state index contributed by atoms with van der Waals surface area (Å²) in [6.45, 7) is 11.7. The molecule has 4 aliphatic heterocycles. The highest BCUT2D eigenvalue weighted by Gasteiger charge is 2.64. The van der Waals surface area contributed by atoms with Crippen LogP contribution in [0.2, 0.25) is 0 Å². The van der Waals surface area contributed by atoms with E-state index in [1.54, 1.807) is 43.3 Å². The first kappa shape index (κ1) is 39.6. The largest absolute Gasteiger partial charge is 0.462 e. The van der Waals surface area contributed by atoms with Gasteiger partial charge in [0, 0.05) is 30.7 Å². The number of hydrogen-bond acceptors (Lipinski definition) is 12. The van der Waals surface area contributed by atoms with Gasteiger partial charge in [-0.2, -0.15) is 0 Å². The molecule has 2 N–H and O–H groups in total. The molecule has 12 nitrogen and oxygen atoms in total. The first-order valence-electron chi connectivity index (χ1n) is 19.0. The Hall–Kier alpha value is -4.10. The molecule has 1 spiro atoms. The molecule has 0 saturated carbocycles. The average Bonchev–Trinajstić information content (AvgIpc) is 3.40. The van der Waals surface area contributed by atoms with Gasteiger partial charge in [0.2, 0.25) is 0 Å². The maximum Gasteiger partial charge on any atom is 0.361 e. The summed E-state index contributed by atoms with van der Waals surface area (Å²) in [6, 6.07) is 8.86. The molecule has 5 aliphatic rings. The number of nitrogens with zero attached hydrogens (tertiary/aromatic N) is 1. The van der Waals surface area contributed by atoms with Gasteiger partial charge in [-0.05, 0) is 55.7 Å². The van der Waals surface area contributed by atoms with Gasteiger partial charge in [-0.1, -0.05) is 87.5 Å². The number of rotatable bonds is 5. The molecule has 7 unspecified atom stereocenters. The van der Waals surface area contributed by atoms with Gasteiger partial charge in [-0.3, -0.25) is 4.79 Å². The molecule has 0 aromatic heterocycles. The lowest BCUT2D eigenvalue weighted by molar-refractivity contribution is -0.340. The van der Waals surface area contributed by atoms with Gasteiger partial charge in [-0.25, -0.2) is 9.59 Å². The van der Waals surface area contributed by atoms with Crippen molar-refractivity contribution in [1.29, 1.82) is 0 Å². The number of hydrogen-bond donors (Lipinski definition) is 2. The van der Waals surface area contributed by atoms with Crippen LogP contribution in [-0.2, 0) is 42.9 Å². The second kappa shape index (κ2) is 15.9. The second-order valence-electron chi connectivity index (χ2n) is 15.8. The van der Waals surface area contributed by atoms with E-state index in [-0.39, 0.29) is 29.7 Å². The van der Waals surface area contributed by atoms with Gasteiger partial charge < -0.3 is 38.7 Å². The summed E-state index contributed by atoms with van der Waals surface area (Å²) in [5.74, 6) is -4.59. The van der Waals surface area contributed by atoms with Crippen LogP contribution in [0.1, 0.15) is 79.2 Å². The maximum absolute atomic E-state index is 14.2. The quantitative estimate of drug-likeness (QED) is 0.133. The Bertz CT molecular complexity index is 1750. The fraction of sp³-hybridized carbons (Fsp3) is 0.571. The monoisotopic (exact) mass is 747 g/mol. The Balaban J connectivity index is 1.42. The molecule has 1 aliphatic carbocycles. The van der Waals surface area contributed by atoms with Gasteiger partial charge in [0.25, 0.3) is 0 Å². The van der Waals surface area contributed by atoms with Crippen molar-refractivity contribution in [1.82, 2.24) is 0 Å². The molecule has 0 radical (unpaired) electrons. The zero-order valence-electron chi connectivity index (χ0n) is 32.1. The molecule has 3 saturated heterocycles. The highest BCUT2D eigenvalue weighted by molar-refractivity contribution is 6.43. The van der Waals surface area contributed by atoms with Crippen molar-refractivity contribution in [3.8, 4) is 0 Å². The van der Waals surface area contributed by atoms with E-state index in [1.165, 1.54) is 19.3 Å². The van der Waals surface area contributed by atoms with E-state index >= 15 is 0 Å². The van der Waals surface area contributed by atoms with Crippen molar-refractivity contribution < 1.29 is 53.1 Å². The van der Waals surface area contributed by atoms with E-state index in [0.717, 1.165) is 12.0 Å². The summed E-state index contributed by atoms with van der Waals surface area (Å²) in [7, 11) is 1.35. The molecular formula is C42H53NO11. The molecular weight excluding hydrogens is 694 g/mol. The van der Waals surface area contributed by atoms with Gasteiger partial charge in [0.05, 0.1) is 17.8 Å². The normalized spacial score (nSPS) is 39.9. The number of benzene rings is 1. The first-order valence-corrected chi connectivity index (χ1v) is 19.0. The minimum atomic E-state index is -2.22. The molecule has 0 amide bonds. The molecule has 6 rings (SSSR count). The van der Waals surface area contributed by atoms with Crippen LogP contribution in [-0.4, -0.2) is 89.0 Å².